The maximum absolute atomic E-state index is 13.0. The van der Waals surface area contributed by atoms with Crippen LogP contribution in [-0.4, -0.2) is 94.6 Å². The van der Waals surface area contributed by atoms with Crippen LogP contribution in [0.15, 0.2) is 24.3 Å². The van der Waals surface area contributed by atoms with Crippen LogP contribution in [0.4, 0.5) is 4.39 Å². The Labute approximate surface area is 178 Å². The first-order valence-corrected chi connectivity index (χ1v) is 9.90. The van der Waals surface area contributed by atoms with E-state index in [-0.39, 0.29) is 63.3 Å². The lowest BCUT2D eigenvalue weighted by Crippen LogP contribution is -2.74. The predicted molar refractivity (Wildman–Crippen MR) is 104 cm³/mol. The molecule has 3 rings (SSSR count). The number of carbonyl (C=O) groups is 4. The molecule has 1 N–H and O–H groups in total. The summed E-state index contributed by atoms with van der Waals surface area (Å²) < 4.78 is 18.6. The molecule has 2 saturated heterocycles. The van der Waals surface area contributed by atoms with Gasteiger partial charge in [-0.1, -0.05) is 12.1 Å². The Morgan fingerprint density at radius 1 is 1.29 bits per heavy atom. The number of amides is 3. The number of rotatable bonds is 9. The molecule has 0 aromatic heterocycles. The number of aliphatic carboxylic acids is 1. The van der Waals surface area contributed by atoms with Gasteiger partial charge in [0.1, 0.15) is 18.0 Å². The van der Waals surface area contributed by atoms with Gasteiger partial charge in [0.2, 0.25) is 18.2 Å². The number of fused-ring (bicyclic) bond motifs is 1. The fourth-order valence-corrected chi connectivity index (χ4v) is 3.87. The maximum atomic E-state index is 13.0. The highest BCUT2D eigenvalue weighted by atomic mass is 19.1. The summed E-state index contributed by atoms with van der Waals surface area (Å²) in [5.41, 5.74) is 0.781. The number of carbonyl (C=O) groups excluding carboxylic acids is 3. The van der Waals surface area contributed by atoms with Gasteiger partial charge < -0.3 is 19.6 Å². The molecule has 3 amide bonds. The zero-order valence-electron chi connectivity index (χ0n) is 17.1. The highest BCUT2D eigenvalue weighted by Gasteiger charge is 2.48. The number of hydrogen-bond acceptors (Lipinski definition) is 6. The standard InChI is InChI=1S/C20H25FN4O6/c1-22-11-18(27)25-16(6-7-19(28)29)20(30)23(10-17(25)24(22)13-26)8-9-31-12-14-2-4-15(21)5-3-14/h2-5,13,16-17H,6-12H2,1H3,(H,28,29)/t16?,17-/m1/s1. The topological polar surface area (TPSA) is 111 Å². The summed E-state index contributed by atoms with van der Waals surface area (Å²) in [5.74, 6) is -2.11. The van der Waals surface area contributed by atoms with Crippen LogP contribution in [0, 0.1) is 5.82 Å². The number of carboxylic acids is 1. The molecule has 2 fully saturated rings. The van der Waals surface area contributed by atoms with Crippen LogP contribution < -0.4 is 0 Å². The molecule has 0 aliphatic carbocycles. The third-order valence-electron chi connectivity index (χ3n) is 5.42. The molecule has 2 atom stereocenters. The van der Waals surface area contributed by atoms with Crippen molar-refractivity contribution in [1.29, 1.82) is 0 Å². The van der Waals surface area contributed by atoms with Crippen LogP contribution in [0.2, 0.25) is 0 Å². The molecule has 0 radical (unpaired) electrons. The molecular weight excluding hydrogens is 411 g/mol. The second-order valence-corrected chi connectivity index (χ2v) is 7.49. The molecule has 1 aromatic rings. The second-order valence-electron chi connectivity index (χ2n) is 7.49. The number of benzene rings is 1. The van der Waals surface area contributed by atoms with E-state index in [4.69, 9.17) is 9.84 Å². The Hall–Kier alpha value is -3.05. The molecule has 2 heterocycles. The summed E-state index contributed by atoms with van der Waals surface area (Å²) in [6.07, 6.45) is -0.437. The fourth-order valence-electron chi connectivity index (χ4n) is 3.87. The number of likely N-dealkylation sites (N-methyl/N-ethyl adjacent to an activating group) is 1. The van der Waals surface area contributed by atoms with Crippen molar-refractivity contribution in [3.8, 4) is 0 Å². The molecule has 168 valence electrons. The number of halogens is 1. The van der Waals surface area contributed by atoms with Crippen molar-refractivity contribution in [3.05, 3.63) is 35.6 Å². The number of carboxylic acid groups (broad SMARTS) is 1. The summed E-state index contributed by atoms with van der Waals surface area (Å²) in [4.78, 5) is 51.2. The average Bonchev–Trinajstić information content (AvgIpc) is 2.72. The van der Waals surface area contributed by atoms with Gasteiger partial charge in [0, 0.05) is 20.0 Å². The SMILES string of the molecule is CN1CC(=O)N2C(CCC(=O)O)C(=O)N(CCOCc3ccc(F)cc3)C[C@@H]2N1C=O. The van der Waals surface area contributed by atoms with Crippen LogP contribution in [0.25, 0.3) is 0 Å². The Balaban J connectivity index is 1.68. The van der Waals surface area contributed by atoms with E-state index in [1.165, 1.54) is 32.0 Å². The lowest BCUT2D eigenvalue weighted by Gasteiger charge is -2.53. The van der Waals surface area contributed by atoms with Crippen molar-refractivity contribution in [2.45, 2.75) is 31.7 Å². The van der Waals surface area contributed by atoms with E-state index in [9.17, 15) is 23.6 Å². The van der Waals surface area contributed by atoms with Crippen LogP contribution in [0.1, 0.15) is 18.4 Å². The minimum Gasteiger partial charge on any atom is -0.481 e. The van der Waals surface area contributed by atoms with Crippen LogP contribution in [-0.2, 0) is 30.5 Å². The molecule has 2 aliphatic rings. The van der Waals surface area contributed by atoms with Gasteiger partial charge >= 0.3 is 5.97 Å². The summed E-state index contributed by atoms with van der Waals surface area (Å²) in [6.45, 7) is 0.650. The summed E-state index contributed by atoms with van der Waals surface area (Å²) in [5, 5.41) is 11.9. The normalized spacial score (nSPS) is 21.9. The van der Waals surface area contributed by atoms with Crippen molar-refractivity contribution in [2.75, 3.05) is 33.3 Å². The Morgan fingerprint density at radius 2 is 2.00 bits per heavy atom. The van der Waals surface area contributed by atoms with E-state index in [1.54, 1.807) is 19.2 Å². The van der Waals surface area contributed by atoms with Gasteiger partial charge in [-0.05, 0) is 24.1 Å². The van der Waals surface area contributed by atoms with E-state index in [1.807, 2.05) is 0 Å². The molecule has 0 saturated carbocycles. The van der Waals surface area contributed by atoms with Gasteiger partial charge in [0.25, 0.3) is 0 Å². The molecule has 31 heavy (non-hydrogen) atoms. The smallest absolute Gasteiger partial charge is 0.303 e. The van der Waals surface area contributed by atoms with E-state index in [0.29, 0.717) is 6.41 Å². The van der Waals surface area contributed by atoms with Gasteiger partial charge in [-0.3, -0.25) is 24.2 Å². The first kappa shape index (κ1) is 22.6. The van der Waals surface area contributed by atoms with E-state index in [0.717, 1.165) is 5.56 Å². The molecule has 11 heteroatoms. The molecule has 1 unspecified atom stereocenters. The third-order valence-corrected chi connectivity index (χ3v) is 5.42. The molecule has 2 aliphatic heterocycles. The van der Waals surface area contributed by atoms with Crippen LogP contribution in [0.5, 0.6) is 0 Å². The van der Waals surface area contributed by atoms with E-state index in [2.05, 4.69) is 0 Å². The minimum atomic E-state index is -1.07. The first-order chi connectivity index (χ1) is 14.8. The lowest BCUT2D eigenvalue weighted by molar-refractivity contribution is -0.197. The Kier molecular flexibility index (Phi) is 7.18. The Bertz CT molecular complexity index is 835. The summed E-state index contributed by atoms with van der Waals surface area (Å²) in [7, 11) is 1.60. The summed E-state index contributed by atoms with van der Waals surface area (Å²) in [6, 6.07) is 4.91. The van der Waals surface area contributed by atoms with Crippen molar-refractivity contribution in [1.82, 2.24) is 19.8 Å². The van der Waals surface area contributed by atoms with E-state index < -0.39 is 18.2 Å². The van der Waals surface area contributed by atoms with Crippen LogP contribution in [0.3, 0.4) is 0 Å². The lowest BCUT2D eigenvalue weighted by atomic mass is 10.0. The Morgan fingerprint density at radius 3 is 2.65 bits per heavy atom. The highest BCUT2D eigenvalue weighted by molar-refractivity contribution is 5.91. The van der Waals surface area contributed by atoms with Gasteiger partial charge in [0.05, 0.1) is 26.3 Å². The number of hydrazine groups is 1. The number of hydrogen-bond donors (Lipinski definition) is 1. The second kappa shape index (κ2) is 9.84. The van der Waals surface area contributed by atoms with Crippen molar-refractivity contribution in [2.24, 2.45) is 0 Å². The quantitative estimate of drug-likeness (QED) is 0.425. The minimum absolute atomic E-state index is 0.0419. The van der Waals surface area contributed by atoms with Crippen molar-refractivity contribution in [3.63, 3.8) is 0 Å². The molecule has 0 bridgehead atoms. The van der Waals surface area contributed by atoms with Crippen molar-refractivity contribution < 1.29 is 33.4 Å². The maximum Gasteiger partial charge on any atom is 0.303 e. The zero-order chi connectivity index (χ0) is 22.5. The molecule has 10 nitrogen and oxygen atoms in total. The fraction of sp³-hybridized carbons (Fsp3) is 0.500. The summed E-state index contributed by atoms with van der Waals surface area (Å²) >= 11 is 0. The van der Waals surface area contributed by atoms with Gasteiger partial charge in [-0.25, -0.2) is 9.40 Å². The zero-order valence-corrected chi connectivity index (χ0v) is 17.1. The molecular formula is C20H25FN4O6. The average molecular weight is 436 g/mol. The number of piperazine rings is 1. The molecule has 0 spiro atoms. The van der Waals surface area contributed by atoms with Gasteiger partial charge in [-0.15, -0.1) is 0 Å². The first-order valence-electron chi connectivity index (χ1n) is 9.90. The van der Waals surface area contributed by atoms with Gasteiger partial charge in [0.15, 0.2) is 0 Å². The predicted octanol–water partition coefficient (Wildman–Crippen LogP) is -0.109. The third kappa shape index (κ3) is 5.17. The van der Waals surface area contributed by atoms with Crippen molar-refractivity contribution >= 4 is 24.2 Å². The monoisotopic (exact) mass is 436 g/mol. The number of ether oxygens (including phenoxy) is 1. The van der Waals surface area contributed by atoms with Gasteiger partial charge in [-0.2, -0.15) is 0 Å². The highest BCUT2D eigenvalue weighted by Crippen LogP contribution is 2.26. The molecule has 1 aromatic carbocycles. The van der Waals surface area contributed by atoms with Crippen LogP contribution >= 0.6 is 0 Å². The largest absolute Gasteiger partial charge is 0.481 e. The van der Waals surface area contributed by atoms with E-state index >= 15 is 0 Å². The number of nitrogens with zero attached hydrogens (tertiary/aromatic N) is 4.